The van der Waals surface area contributed by atoms with Gasteiger partial charge in [-0.05, 0) is 62.8 Å². The second kappa shape index (κ2) is 10.5. The first-order valence-corrected chi connectivity index (χ1v) is 14.4. The fourth-order valence-corrected chi connectivity index (χ4v) is 6.35. The molecule has 3 aromatic heterocycles. The van der Waals surface area contributed by atoms with Crippen molar-refractivity contribution >= 4 is 28.8 Å². The summed E-state index contributed by atoms with van der Waals surface area (Å²) in [5.41, 5.74) is 11.1. The van der Waals surface area contributed by atoms with Gasteiger partial charge in [0, 0.05) is 55.8 Å². The van der Waals surface area contributed by atoms with Crippen LogP contribution in [0.15, 0.2) is 42.9 Å². The zero-order valence-corrected chi connectivity index (χ0v) is 23.0. The van der Waals surface area contributed by atoms with Crippen molar-refractivity contribution in [2.45, 2.75) is 56.7 Å². The van der Waals surface area contributed by atoms with Gasteiger partial charge in [-0.2, -0.15) is 10.2 Å². The van der Waals surface area contributed by atoms with Crippen LogP contribution in [0.4, 0.5) is 5.82 Å². The number of ether oxygens (including phenoxy) is 2. The maximum Gasteiger partial charge on any atom is 0.255 e. The summed E-state index contributed by atoms with van der Waals surface area (Å²) in [6.07, 6.45) is 8.82. The molecule has 40 heavy (non-hydrogen) atoms. The van der Waals surface area contributed by atoms with E-state index in [4.69, 9.17) is 26.8 Å². The minimum absolute atomic E-state index is 0.0194. The monoisotopic (exact) mass is 561 g/mol. The zero-order chi connectivity index (χ0) is 27.2. The lowest BCUT2D eigenvalue weighted by Crippen LogP contribution is -2.45. The first-order chi connectivity index (χ1) is 19.6. The van der Waals surface area contributed by atoms with Gasteiger partial charge in [-0.3, -0.25) is 9.48 Å². The van der Waals surface area contributed by atoms with Gasteiger partial charge < -0.3 is 20.1 Å². The number of carbonyl (C=O) groups is 1. The predicted octanol–water partition coefficient (Wildman–Crippen LogP) is 4.63. The Balaban J connectivity index is 1.31. The quantitative estimate of drug-likeness (QED) is 0.365. The Bertz CT molecular complexity index is 1550. The molecule has 208 valence electrons. The molecule has 1 amide bonds. The third-order valence-corrected chi connectivity index (χ3v) is 8.65. The second-order valence-electron chi connectivity index (χ2n) is 10.8. The van der Waals surface area contributed by atoms with Crippen LogP contribution in [0.5, 0.6) is 0 Å². The minimum Gasteiger partial charge on any atom is -0.382 e. The lowest BCUT2D eigenvalue weighted by Gasteiger charge is -2.35. The first kappa shape index (κ1) is 25.5. The van der Waals surface area contributed by atoms with Crippen LogP contribution in [0.3, 0.4) is 0 Å². The lowest BCUT2D eigenvalue weighted by atomic mass is 10.0. The van der Waals surface area contributed by atoms with Crippen molar-refractivity contribution in [3.8, 4) is 22.5 Å². The van der Waals surface area contributed by atoms with Crippen LogP contribution in [0.25, 0.3) is 28.0 Å². The molecular weight excluding hydrogens is 530 g/mol. The van der Waals surface area contributed by atoms with Crippen molar-refractivity contribution in [1.82, 2.24) is 29.3 Å². The molecule has 0 bridgehead atoms. The van der Waals surface area contributed by atoms with E-state index in [2.05, 4.69) is 30.8 Å². The fourth-order valence-electron chi connectivity index (χ4n) is 6.15. The predicted molar refractivity (Wildman–Crippen MR) is 151 cm³/mol. The fraction of sp³-hybridized carbons (Fsp3) is 0.448. The number of rotatable bonds is 6. The van der Waals surface area contributed by atoms with Crippen molar-refractivity contribution in [1.29, 1.82) is 0 Å². The third kappa shape index (κ3) is 4.53. The van der Waals surface area contributed by atoms with Crippen LogP contribution in [0.1, 0.15) is 54.9 Å². The molecule has 4 aromatic rings. The average molecular weight is 562 g/mol. The molecule has 11 heteroatoms. The van der Waals surface area contributed by atoms with Crippen LogP contribution in [0, 0.1) is 0 Å². The molecule has 1 saturated carbocycles. The molecule has 3 aliphatic rings. The van der Waals surface area contributed by atoms with Crippen LogP contribution < -0.4 is 5.73 Å². The third-order valence-electron chi connectivity index (χ3n) is 8.32. The van der Waals surface area contributed by atoms with Crippen molar-refractivity contribution < 1.29 is 14.3 Å². The normalized spacial score (nSPS) is 18.8. The average Bonchev–Trinajstić information content (AvgIpc) is 3.55. The molecule has 0 atom stereocenters. The standard InChI is InChI=1S/C29H32ClN7O3/c30-24-4-1-18(15-22(24)29(38)35(19-2-3-19)20-6-11-39-12-7-20)26-16-23(27-28(31)32-17-34-37(26)27)25-5-10-33-36(25)21-8-13-40-14-9-21/h1,4-5,10,15-17,19-21H,2-3,6-9,11-14H2,(H2,31,32,34). The molecule has 2 N–H and O–H groups in total. The molecule has 1 aromatic carbocycles. The number of aromatic nitrogens is 5. The van der Waals surface area contributed by atoms with Crippen molar-refractivity contribution in [2.24, 2.45) is 0 Å². The molecule has 0 spiro atoms. The van der Waals surface area contributed by atoms with Gasteiger partial charge in [0.1, 0.15) is 11.8 Å². The van der Waals surface area contributed by atoms with E-state index in [1.54, 1.807) is 10.6 Å². The Morgan fingerprint density at radius 1 is 0.925 bits per heavy atom. The minimum atomic E-state index is -0.0194. The molecule has 2 aliphatic heterocycles. The number of nitrogens with zero attached hydrogens (tertiary/aromatic N) is 6. The van der Waals surface area contributed by atoms with E-state index in [0.29, 0.717) is 48.3 Å². The van der Waals surface area contributed by atoms with E-state index in [1.807, 2.05) is 24.4 Å². The second-order valence-corrected chi connectivity index (χ2v) is 11.2. The van der Waals surface area contributed by atoms with Crippen LogP contribution in [-0.2, 0) is 9.47 Å². The Morgan fingerprint density at radius 2 is 1.65 bits per heavy atom. The van der Waals surface area contributed by atoms with Gasteiger partial charge in [-0.15, -0.1) is 0 Å². The van der Waals surface area contributed by atoms with Gasteiger partial charge in [0.2, 0.25) is 0 Å². The molecule has 3 fully saturated rings. The molecule has 0 radical (unpaired) electrons. The highest BCUT2D eigenvalue weighted by molar-refractivity contribution is 6.34. The molecule has 10 nitrogen and oxygen atoms in total. The highest BCUT2D eigenvalue weighted by atomic mass is 35.5. The summed E-state index contributed by atoms with van der Waals surface area (Å²) in [7, 11) is 0. The van der Waals surface area contributed by atoms with Gasteiger partial charge in [-0.25, -0.2) is 9.50 Å². The van der Waals surface area contributed by atoms with Gasteiger partial charge >= 0.3 is 0 Å². The molecule has 0 unspecified atom stereocenters. The number of nitrogens with two attached hydrogens (primary N) is 1. The number of nitrogen functional groups attached to an aromatic ring is 1. The maximum absolute atomic E-state index is 14.0. The number of hydrogen-bond acceptors (Lipinski definition) is 7. The van der Waals surface area contributed by atoms with E-state index in [0.717, 1.165) is 61.0 Å². The molecule has 5 heterocycles. The Morgan fingerprint density at radius 3 is 2.40 bits per heavy atom. The number of halogens is 1. The number of carbonyl (C=O) groups excluding carboxylic acids is 1. The van der Waals surface area contributed by atoms with E-state index in [9.17, 15) is 4.79 Å². The van der Waals surface area contributed by atoms with Crippen molar-refractivity contribution in [2.75, 3.05) is 32.2 Å². The first-order valence-electron chi connectivity index (χ1n) is 14.0. The summed E-state index contributed by atoms with van der Waals surface area (Å²) in [5.74, 6) is 0.356. The van der Waals surface area contributed by atoms with Crippen molar-refractivity contribution in [3.05, 3.63) is 53.4 Å². The number of amides is 1. The van der Waals surface area contributed by atoms with E-state index in [-0.39, 0.29) is 24.0 Å². The Kier molecular flexibility index (Phi) is 6.69. The Labute approximate surface area is 237 Å². The highest BCUT2D eigenvalue weighted by Crippen LogP contribution is 2.39. The largest absolute Gasteiger partial charge is 0.382 e. The summed E-state index contributed by atoms with van der Waals surface area (Å²) < 4.78 is 15.0. The zero-order valence-electron chi connectivity index (χ0n) is 22.2. The lowest BCUT2D eigenvalue weighted by molar-refractivity contribution is 0.0267. The maximum atomic E-state index is 14.0. The molecule has 1 aliphatic carbocycles. The smallest absolute Gasteiger partial charge is 0.255 e. The summed E-state index contributed by atoms with van der Waals surface area (Å²) in [6, 6.07) is 10.4. The van der Waals surface area contributed by atoms with Crippen molar-refractivity contribution in [3.63, 3.8) is 0 Å². The van der Waals surface area contributed by atoms with Gasteiger partial charge in [-0.1, -0.05) is 17.7 Å². The summed E-state index contributed by atoms with van der Waals surface area (Å²) in [4.78, 5) is 20.3. The van der Waals surface area contributed by atoms with E-state index in [1.165, 1.54) is 6.33 Å². The number of anilines is 1. The van der Waals surface area contributed by atoms with E-state index < -0.39 is 0 Å². The van der Waals surface area contributed by atoms with Gasteiger partial charge in [0.05, 0.1) is 28.0 Å². The number of benzene rings is 1. The summed E-state index contributed by atoms with van der Waals surface area (Å²) in [5, 5.41) is 9.68. The van der Waals surface area contributed by atoms with Gasteiger partial charge in [0.25, 0.3) is 5.91 Å². The van der Waals surface area contributed by atoms with E-state index >= 15 is 0 Å². The highest BCUT2D eigenvalue weighted by Gasteiger charge is 2.39. The van der Waals surface area contributed by atoms with Crippen LogP contribution >= 0.6 is 11.6 Å². The number of hydrogen-bond donors (Lipinski definition) is 1. The SMILES string of the molecule is Nc1ncnn2c(-c3ccc(Cl)c(C(=O)N(C4CCOCC4)C4CC4)c3)cc(-c3ccnn3C3CCOCC3)c12. The number of fused-ring (bicyclic) bond motifs is 1. The molecular formula is C29H32ClN7O3. The Hall–Kier alpha value is -3.47. The van der Waals surface area contributed by atoms with Crippen LogP contribution in [0.2, 0.25) is 5.02 Å². The topological polar surface area (TPSA) is 113 Å². The van der Waals surface area contributed by atoms with Gasteiger partial charge in [0.15, 0.2) is 5.82 Å². The summed E-state index contributed by atoms with van der Waals surface area (Å²) in [6.45, 7) is 2.79. The molecule has 7 rings (SSSR count). The van der Waals surface area contributed by atoms with Crippen LogP contribution in [-0.4, -0.2) is 73.7 Å². The molecule has 2 saturated heterocycles. The summed E-state index contributed by atoms with van der Waals surface area (Å²) >= 11 is 6.68.